The molecule has 0 fully saturated rings. The smallest absolute Gasteiger partial charge is 0.344 e. The number of ketones is 1. The monoisotopic (exact) mass is 592 g/mol. The summed E-state index contributed by atoms with van der Waals surface area (Å²) in [5, 5.41) is 5.89. The van der Waals surface area contributed by atoms with Gasteiger partial charge in [0, 0.05) is 28.8 Å². The first-order valence-corrected chi connectivity index (χ1v) is 13.4. The summed E-state index contributed by atoms with van der Waals surface area (Å²) < 4.78 is 39.6. The van der Waals surface area contributed by atoms with Crippen LogP contribution in [0, 0.1) is 5.92 Å². The third-order valence-corrected chi connectivity index (χ3v) is 6.90. The minimum atomic E-state index is -5.13. The van der Waals surface area contributed by atoms with E-state index in [1.54, 1.807) is 48.5 Å². The third-order valence-electron chi connectivity index (χ3n) is 6.39. The zero-order valence-corrected chi connectivity index (χ0v) is 23.4. The molecule has 0 saturated heterocycles. The van der Waals surface area contributed by atoms with Crippen molar-refractivity contribution in [3.63, 3.8) is 0 Å². The van der Waals surface area contributed by atoms with Gasteiger partial charge in [-0.15, -0.1) is 0 Å². The maximum Gasteiger partial charge on any atom is 0.452 e. The highest BCUT2D eigenvalue weighted by Crippen LogP contribution is 2.29. The normalized spacial score (nSPS) is 13.8. The first-order valence-electron chi connectivity index (χ1n) is 12.6. The Kier molecular flexibility index (Phi) is 10.8. The van der Waals surface area contributed by atoms with Crippen molar-refractivity contribution in [1.82, 2.24) is 10.6 Å². The third kappa shape index (κ3) is 8.83. The molecule has 0 aliphatic carbocycles. The minimum Gasteiger partial charge on any atom is -0.344 e. The lowest BCUT2D eigenvalue weighted by molar-refractivity contribution is -0.175. The molecule has 2 amide bonds. The summed E-state index contributed by atoms with van der Waals surface area (Å²) in [5.74, 6) is -4.67. The Balaban J connectivity index is 1.87. The SMILES string of the molecule is CC(C)[C@H](NC(=O)[C@H](Cc1ccc(Cl)cc1)NC(=O)C[C@@H](c1ccccc1)c1ccc(Cl)cc1)C(=O)C(F)(F)F. The number of alkyl halides is 3. The van der Waals surface area contributed by atoms with E-state index in [1.165, 1.54) is 13.8 Å². The molecule has 10 heteroatoms. The van der Waals surface area contributed by atoms with Gasteiger partial charge < -0.3 is 10.6 Å². The van der Waals surface area contributed by atoms with Gasteiger partial charge in [-0.3, -0.25) is 14.4 Å². The Morgan fingerprint density at radius 3 is 1.82 bits per heavy atom. The Hall–Kier alpha value is -3.36. The second-order valence-electron chi connectivity index (χ2n) is 9.76. The van der Waals surface area contributed by atoms with Gasteiger partial charge in [0.05, 0.1) is 6.04 Å². The molecule has 0 saturated carbocycles. The van der Waals surface area contributed by atoms with Gasteiger partial charge in [0.1, 0.15) is 6.04 Å². The van der Waals surface area contributed by atoms with Gasteiger partial charge in [0.15, 0.2) is 0 Å². The molecule has 0 unspecified atom stereocenters. The second kappa shape index (κ2) is 13.8. The predicted octanol–water partition coefficient (Wildman–Crippen LogP) is 6.52. The highest BCUT2D eigenvalue weighted by molar-refractivity contribution is 6.30. The van der Waals surface area contributed by atoms with Gasteiger partial charge in [-0.1, -0.05) is 91.6 Å². The molecule has 0 radical (unpaired) electrons. The van der Waals surface area contributed by atoms with E-state index in [2.05, 4.69) is 10.6 Å². The van der Waals surface area contributed by atoms with Gasteiger partial charge in [-0.25, -0.2) is 0 Å². The summed E-state index contributed by atoms with van der Waals surface area (Å²) in [5.41, 5.74) is 2.29. The summed E-state index contributed by atoms with van der Waals surface area (Å²) in [6.45, 7) is 2.80. The van der Waals surface area contributed by atoms with E-state index in [-0.39, 0.29) is 18.8 Å². The molecule has 40 heavy (non-hydrogen) atoms. The van der Waals surface area contributed by atoms with Gasteiger partial charge >= 0.3 is 6.18 Å². The molecule has 5 nitrogen and oxygen atoms in total. The highest BCUT2D eigenvalue weighted by atomic mass is 35.5. The first-order chi connectivity index (χ1) is 18.8. The molecule has 212 valence electrons. The van der Waals surface area contributed by atoms with Crippen molar-refractivity contribution in [3.05, 3.63) is 106 Å². The van der Waals surface area contributed by atoms with E-state index in [4.69, 9.17) is 23.2 Å². The number of benzene rings is 3. The van der Waals surface area contributed by atoms with Gasteiger partial charge in [0.25, 0.3) is 5.78 Å². The maximum atomic E-state index is 13.4. The van der Waals surface area contributed by atoms with Crippen molar-refractivity contribution in [2.24, 2.45) is 5.92 Å². The van der Waals surface area contributed by atoms with E-state index in [0.29, 0.717) is 15.6 Å². The summed E-state index contributed by atoms with van der Waals surface area (Å²) >= 11 is 12.0. The molecule has 0 aliphatic heterocycles. The Morgan fingerprint density at radius 1 is 0.775 bits per heavy atom. The Labute approximate surface area is 241 Å². The van der Waals surface area contributed by atoms with Crippen molar-refractivity contribution >= 4 is 40.8 Å². The maximum absolute atomic E-state index is 13.4. The van der Waals surface area contributed by atoms with Crippen LogP contribution >= 0.6 is 23.2 Å². The van der Waals surface area contributed by atoms with Gasteiger partial charge in [-0.2, -0.15) is 13.2 Å². The molecular formula is C30H29Cl2F3N2O3. The number of hydrogen-bond acceptors (Lipinski definition) is 3. The second-order valence-corrected chi connectivity index (χ2v) is 10.6. The minimum absolute atomic E-state index is 0.0310. The zero-order chi connectivity index (χ0) is 29.4. The fourth-order valence-corrected chi connectivity index (χ4v) is 4.53. The van der Waals surface area contributed by atoms with Crippen LogP contribution in [0.1, 0.15) is 42.9 Å². The van der Waals surface area contributed by atoms with Crippen LogP contribution in [0.5, 0.6) is 0 Å². The topological polar surface area (TPSA) is 75.3 Å². The van der Waals surface area contributed by atoms with E-state index in [9.17, 15) is 27.6 Å². The number of nitrogens with one attached hydrogen (secondary N) is 2. The molecule has 0 aliphatic rings. The van der Waals surface area contributed by atoms with Crippen molar-refractivity contribution in [3.8, 4) is 0 Å². The van der Waals surface area contributed by atoms with Crippen LogP contribution in [0.25, 0.3) is 0 Å². The van der Waals surface area contributed by atoms with E-state index in [0.717, 1.165) is 11.1 Å². The molecule has 3 aromatic carbocycles. The number of halogens is 5. The van der Waals surface area contributed by atoms with Gasteiger partial charge in [-0.05, 0) is 46.9 Å². The van der Waals surface area contributed by atoms with Crippen molar-refractivity contribution in [2.45, 2.75) is 50.9 Å². The number of amides is 2. The molecule has 0 aromatic heterocycles. The number of hydrogen-bond donors (Lipinski definition) is 2. The first kappa shape index (κ1) is 31.2. The summed E-state index contributed by atoms with van der Waals surface area (Å²) in [6, 6.07) is 19.8. The average molecular weight is 593 g/mol. The molecular weight excluding hydrogens is 564 g/mol. The quantitative estimate of drug-likeness (QED) is 0.266. The Morgan fingerprint density at radius 2 is 1.30 bits per heavy atom. The van der Waals surface area contributed by atoms with E-state index >= 15 is 0 Å². The molecule has 0 heterocycles. The average Bonchev–Trinajstić information content (AvgIpc) is 2.91. The van der Waals surface area contributed by atoms with Gasteiger partial charge in [0.2, 0.25) is 11.8 Å². The van der Waals surface area contributed by atoms with Crippen molar-refractivity contribution < 1.29 is 27.6 Å². The fourth-order valence-electron chi connectivity index (χ4n) is 4.28. The van der Waals surface area contributed by atoms with Crippen molar-refractivity contribution in [1.29, 1.82) is 0 Å². The molecule has 0 spiro atoms. The van der Waals surface area contributed by atoms with E-state index in [1.807, 2.05) is 30.3 Å². The predicted molar refractivity (Wildman–Crippen MR) is 149 cm³/mol. The fraction of sp³-hybridized carbons (Fsp3) is 0.300. The number of rotatable bonds is 11. The summed E-state index contributed by atoms with van der Waals surface area (Å²) in [7, 11) is 0. The van der Waals surface area contributed by atoms with Crippen LogP contribution in [0.15, 0.2) is 78.9 Å². The van der Waals surface area contributed by atoms with Crippen LogP contribution in [0.4, 0.5) is 13.2 Å². The van der Waals surface area contributed by atoms with Crippen LogP contribution in [0.3, 0.4) is 0 Å². The molecule has 2 N–H and O–H groups in total. The lowest BCUT2D eigenvalue weighted by Crippen LogP contribution is -2.56. The van der Waals surface area contributed by atoms with Crippen molar-refractivity contribution in [2.75, 3.05) is 0 Å². The van der Waals surface area contributed by atoms with E-state index < -0.39 is 41.8 Å². The number of Topliss-reactive ketones (excluding diaryl/α,β-unsaturated/α-hetero) is 1. The van der Waals surface area contributed by atoms with Crippen LogP contribution < -0.4 is 10.6 Å². The molecule has 3 atom stereocenters. The Bertz CT molecular complexity index is 1300. The van der Waals surface area contributed by atoms with Crippen LogP contribution in [0.2, 0.25) is 10.0 Å². The number of carbonyl (C=O) groups excluding carboxylic acids is 3. The standard InChI is InChI=1S/C30H29Cl2F3N2O3/c1-18(2)27(28(39)30(33,34)35)37-29(40)25(16-19-8-12-22(31)13-9-19)36-26(38)17-24(20-6-4-3-5-7-20)21-10-14-23(32)15-11-21/h3-15,18,24-25,27H,16-17H2,1-2H3,(H,36,38)(H,37,40)/t24-,25-,27-/m0/s1. The molecule has 0 bridgehead atoms. The summed E-state index contributed by atoms with van der Waals surface area (Å²) in [6.07, 6.45) is -5.21. The molecule has 3 aromatic rings. The lowest BCUT2D eigenvalue weighted by atomic mass is 9.88. The summed E-state index contributed by atoms with van der Waals surface area (Å²) in [4.78, 5) is 38.6. The van der Waals surface area contributed by atoms with Crippen LogP contribution in [-0.4, -0.2) is 35.9 Å². The largest absolute Gasteiger partial charge is 0.452 e. The molecule has 3 rings (SSSR count). The van der Waals surface area contributed by atoms with Crippen LogP contribution in [-0.2, 0) is 20.8 Å². The lowest BCUT2D eigenvalue weighted by Gasteiger charge is -2.26. The zero-order valence-electron chi connectivity index (χ0n) is 21.8. The highest BCUT2D eigenvalue weighted by Gasteiger charge is 2.45. The number of carbonyl (C=O) groups is 3.